The maximum atomic E-state index is 7.22. The normalized spacial score (nSPS) is 14.1. The largest absolute Gasteiger partial charge is 0.455 e. The van der Waals surface area contributed by atoms with Crippen LogP contribution in [0.15, 0.2) is 167 Å². The molecular weight excluding hydrogens is 853 g/mol. The van der Waals surface area contributed by atoms with Crippen LogP contribution in [0.1, 0.15) is 83.3 Å². The number of hydrogen-bond donors (Lipinski definition) is 0. The van der Waals surface area contributed by atoms with E-state index in [1.165, 1.54) is 77.9 Å². The fourth-order valence-corrected chi connectivity index (χ4v) is 12.7. The van der Waals surface area contributed by atoms with E-state index >= 15 is 0 Å². The predicted octanol–water partition coefficient (Wildman–Crippen LogP) is 18.9. The summed E-state index contributed by atoms with van der Waals surface area (Å²) in [5, 5.41) is 4.53. The van der Waals surface area contributed by atoms with Crippen molar-refractivity contribution in [2.75, 3.05) is 9.80 Å². The second-order valence-electron chi connectivity index (χ2n) is 21.2. The van der Waals surface area contributed by atoms with Gasteiger partial charge in [0, 0.05) is 55.3 Å². The molecule has 2 aliphatic rings. The summed E-state index contributed by atoms with van der Waals surface area (Å²) in [4.78, 5) is 4.95. The van der Waals surface area contributed by atoms with Gasteiger partial charge >= 0.3 is 0 Å². The molecule has 0 N–H and O–H groups in total. The third-order valence-electron chi connectivity index (χ3n) is 16.0. The van der Waals surface area contributed by atoms with Crippen LogP contribution in [0.4, 0.5) is 34.1 Å². The van der Waals surface area contributed by atoms with Crippen molar-refractivity contribution in [1.29, 1.82) is 0 Å². The molecule has 4 heteroatoms. The van der Waals surface area contributed by atoms with E-state index in [2.05, 4.69) is 237 Å². The summed E-state index contributed by atoms with van der Waals surface area (Å²) < 4.78 is 14.4. The molecule has 0 fully saturated rings. The van der Waals surface area contributed by atoms with Crippen LogP contribution in [0, 0.1) is 41.5 Å². The molecule has 9 aromatic carbocycles. The molecule has 0 atom stereocenters. The summed E-state index contributed by atoms with van der Waals surface area (Å²) >= 11 is 0. The number of hydrogen-bond acceptors (Lipinski definition) is 4. The van der Waals surface area contributed by atoms with Crippen molar-refractivity contribution in [3.8, 4) is 22.3 Å². The molecule has 0 saturated heterocycles. The van der Waals surface area contributed by atoms with Gasteiger partial charge in [-0.3, -0.25) is 0 Å². The van der Waals surface area contributed by atoms with Gasteiger partial charge < -0.3 is 18.6 Å². The second-order valence-corrected chi connectivity index (χ2v) is 21.2. The molecule has 0 aliphatic heterocycles. The van der Waals surface area contributed by atoms with E-state index < -0.39 is 10.8 Å². The van der Waals surface area contributed by atoms with Crippen LogP contribution < -0.4 is 9.80 Å². The first-order valence-electron chi connectivity index (χ1n) is 24.8. The second kappa shape index (κ2) is 14.8. The highest BCUT2D eigenvalue weighted by Gasteiger charge is 2.49. The van der Waals surface area contributed by atoms with Crippen LogP contribution >= 0.6 is 0 Å². The van der Waals surface area contributed by atoms with E-state index in [4.69, 9.17) is 8.83 Å². The molecular formula is C66H56N2O2. The van der Waals surface area contributed by atoms with Gasteiger partial charge in [0.05, 0.1) is 16.8 Å². The smallest absolute Gasteiger partial charge is 0.160 e. The van der Waals surface area contributed by atoms with Crippen molar-refractivity contribution in [1.82, 2.24) is 0 Å². The number of benzene rings is 9. The minimum Gasteiger partial charge on any atom is -0.455 e. The quantitative estimate of drug-likeness (QED) is 0.166. The molecule has 0 amide bonds. The number of para-hydroxylation sites is 4. The zero-order chi connectivity index (χ0) is 48.1. The van der Waals surface area contributed by atoms with Gasteiger partial charge in [-0.15, -0.1) is 0 Å². The number of anilines is 6. The van der Waals surface area contributed by atoms with Crippen molar-refractivity contribution >= 4 is 78.0 Å². The van der Waals surface area contributed by atoms with Crippen LogP contribution in [-0.2, 0) is 10.8 Å². The number of aryl methyl sites for hydroxylation is 6. The highest BCUT2D eigenvalue weighted by molar-refractivity contribution is 6.22. The molecule has 2 aliphatic carbocycles. The SMILES string of the molecule is Cc1ccc(N(c2ccccc2C)c2cc3c(c4c2oc2ccccc24)-c2ccc4c(c2C3(C)C)C(C)(C)c2cc(N(c3ccccc3C)c3ccc(C)cc3C)c3c(oc5ccccc53)c2-4)c(C)c1. The van der Waals surface area contributed by atoms with E-state index in [1.807, 2.05) is 0 Å². The van der Waals surface area contributed by atoms with Crippen molar-refractivity contribution in [3.63, 3.8) is 0 Å². The maximum Gasteiger partial charge on any atom is 0.160 e. The number of fused-ring (bicyclic) bond motifs is 15. The molecule has 0 spiro atoms. The fourth-order valence-electron chi connectivity index (χ4n) is 12.7. The van der Waals surface area contributed by atoms with Crippen LogP contribution in [0.3, 0.4) is 0 Å². The van der Waals surface area contributed by atoms with Crippen molar-refractivity contribution in [2.45, 2.75) is 80.1 Å². The van der Waals surface area contributed by atoms with Crippen molar-refractivity contribution < 1.29 is 8.83 Å². The van der Waals surface area contributed by atoms with Gasteiger partial charge in [-0.05, 0) is 151 Å². The molecule has 0 saturated carbocycles. The van der Waals surface area contributed by atoms with Gasteiger partial charge in [0.2, 0.25) is 0 Å². The average Bonchev–Trinajstić information content (AvgIpc) is 4.04. The summed E-state index contributed by atoms with van der Waals surface area (Å²) in [5.41, 5.74) is 27.1. The molecule has 2 aromatic heterocycles. The standard InChI is InChI=1S/C66H56N2O2/c1-37-27-31-51(41(5)33-37)67(49-23-15-11-19-39(49)3)53-35-48-58(64-59(53)43-21-13-17-25-55(43)70-64)46-30-29-45-57-47(65(7,8)61(45)62(46)66(48,9)10)36-54(63-60(57)44-22-14-18-26-56(44)69-63)68(50-24-16-12-20-40(50)4)52-32-28-38(2)34-42(52)6/h11-36H,1-10H3. The lowest BCUT2D eigenvalue weighted by Crippen LogP contribution is -2.24. The zero-order valence-corrected chi connectivity index (χ0v) is 41.7. The van der Waals surface area contributed by atoms with E-state index in [0.717, 1.165) is 78.0 Å². The molecule has 4 nitrogen and oxygen atoms in total. The molecule has 0 bridgehead atoms. The van der Waals surface area contributed by atoms with Crippen LogP contribution in [-0.4, -0.2) is 0 Å². The first kappa shape index (κ1) is 42.3. The van der Waals surface area contributed by atoms with Gasteiger partial charge in [-0.2, -0.15) is 0 Å². The van der Waals surface area contributed by atoms with E-state index in [-0.39, 0.29) is 0 Å². The number of nitrogens with zero attached hydrogens (tertiary/aromatic N) is 2. The van der Waals surface area contributed by atoms with Crippen molar-refractivity contribution in [2.24, 2.45) is 0 Å². The third-order valence-corrected chi connectivity index (χ3v) is 16.0. The molecule has 0 radical (unpaired) electrons. The van der Waals surface area contributed by atoms with Gasteiger partial charge in [-0.25, -0.2) is 0 Å². The Bertz CT molecular complexity index is 4040. The Balaban J connectivity index is 1.11. The first-order valence-corrected chi connectivity index (χ1v) is 24.8. The Hall–Kier alpha value is -7.82. The monoisotopic (exact) mass is 908 g/mol. The predicted molar refractivity (Wildman–Crippen MR) is 294 cm³/mol. The lowest BCUT2D eigenvalue weighted by molar-refractivity contribution is 0.600. The van der Waals surface area contributed by atoms with Gasteiger partial charge in [-0.1, -0.05) is 148 Å². The molecule has 70 heavy (non-hydrogen) atoms. The molecule has 11 aromatic rings. The molecule has 0 unspecified atom stereocenters. The zero-order valence-electron chi connectivity index (χ0n) is 41.7. The van der Waals surface area contributed by atoms with E-state index in [0.29, 0.717) is 0 Å². The Labute approximate surface area is 410 Å². The Kier molecular flexibility index (Phi) is 8.97. The molecule has 2 heterocycles. The Morgan fingerprint density at radius 2 is 0.786 bits per heavy atom. The minimum atomic E-state index is -0.413. The topological polar surface area (TPSA) is 32.8 Å². The minimum absolute atomic E-state index is 0.404. The summed E-state index contributed by atoms with van der Waals surface area (Å²) in [6.45, 7) is 23.0. The third kappa shape index (κ3) is 5.77. The summed E-state index contributed by atoms with van der Waals surface area (Å²) in [6.07, 6.45) is 0. The summed E-state index contributed by atoms with van der Waals surface area (Å²) in [5.74, 6) is 0. The van der Waals surface area contributed by atoms with E-state index in [1.54, 1.807) is 0 Å². The van der Waals surface area contributed by atoms with Crippen LogP contribution in [0.2, 0.25) is 0 Å². The highest BCUT2D eigenvalue weighted by atomic mass is 16.3. The Morgan fingerprint density at radius 3 is 1.33 bits per heavy atom. The number of rotatable bonds is 6. The molecule has 13 rings (SSSR count). The van der Waals surface area contributed by atoms with Gasteiger partial charge in [0.15, 0.2) is 5.58 Å². The Morgan fingerprint density at radius 1 is 0.357 bits per heavy atom. The van der Waals surface area contributed by atoms with Crippen LogP contribution in [0.5, 0.6) is 0 Å². The molecule has 342 valence electrons. The van der Waals surface area contributed by atoms with Gasteiger partial charge in [0.25, 0.3) is 0 Å². The van der Waals surface area contributed by atoms with Crippen molar-refractivity contribution in [3.05, 3.63) is 213 Å². The summed E-state index contributed by atoms with van der Waals surface area (Å²) in [7, 11) is 0. The average molecular weight is 909 g/mol. The lowest BCUT2D eigenvalue weighted by atomic mass is 9.72. The number of furan rings is 2. The van der Waals surface area contributed by atoms with Crippen LogP contribution in [0.25, 0.3) is 66.1 Å². The summed E-state index contributed by atoms with van der Waals surface area (Å²) in [6, 6.07) is 58.1. The lowest BCUT2D eigenvalue weighted by Gasteiger charge is -2.33. The highest BCUT2D eigenvalue weighted by Crippen LogP contribution is 2.64. The maximum absolute atomic E-state index is 7.22. The fraction of sp³-hybridized carbons (Fsp3) is 0.182. The van der Waals surface area contributed by atoms with E-state index in [9.17, 15) is 0 Å². The first-order chi connectivity index (χ1) is 33.7. The van der Waals surface area contributed by atoms with Gasteiger partial charge in [0.1, 0.15) is 16.7 Å².